The monoisotopic (exact) mass is 403 g/mol. The van der Waals surface area contributed by atoms with Gasteiger partial charge < -0.3 is 9.52 Å². The largest absolute Gasteiger partial charge is 0.480 e. The van der Waals surface area contributed by atoms with Crippen molar-refractivity contribution in [3.8, 4) is 22.6 Å². The molecular weight excluding hydrogens is 390 g/mol. The van der Waals surface area contributed by atoms with Gasteiger partial charge in [-0.15, -0.1) is 0 Å². The van der Waals surface area contributed by atoms with Gasteiger partial charge in [-0.25, -0.2) is 4.98 Å². The van der Waals surface area contributed by atoms with E-state index >= 15 is 0 Å². The highest BCUT2D eigenvalue weighted by Gasteiger charge is 2.25. The lowest BCUT2D eigenvalue weighted by atomic mass is 10.0. The van der Waals surface area contributed by atoms with Crippen LogP contribution in [0.15, 0.2) is 57.4 Å². The second-order valence-electron chi connectivity index (χ2n) is 5.34. The van der Waals surface area contributed by atoms with Crippen molar-refractivity contribution in [3.63, 3.8) is 0 Å². The molecule has 3 aromatic rings. The standard InChI is InChI=1S/C18H14BrNO3S/c1-10-2-4-11(5-3-10)14-15(12-6-8-13(19)9-7-12)23-17(20-14)16(24)18(21)22/h2-9,16,24H,1H3,(H,21,22). The number of hydrogen-bond donors (Lipinski definition) is 2. The Morgan fingerprint density at radius 2 is 1.71 bits per heavy atom. The van der Waals surface area contributed by atoms with Crippen molar-refractivity contribution < 1.29 is 14.3 Å². The lowest BCUT2D eigenvalue weighted by Gasteiger charge is -2.02. The smallest absolute Gasteiger partial charge is 0.325 e. The van der Waals surface area contributed by atoms with Gasteiger partial charge in [-0.05, 0) is 19.1 Å². The Hall–Kier alpha value is -2.05. The summed E-state index contributed by atoms with van der Waals surface area (Å²) < 4.78 is 6.71. The number of aliphatic carboxylic acids is 1. The minimum absolute atomic E-state index is 0.0688. The first-order valence-electron chi connectivity index (χ1n) is 7.20. The van der Waals surface area contributed by atoms with Crippen LogP contribution in [0.4, 0.5) is 0 Å². The fourth-order valence-electron chi connectivity index (χ4n) is 2.26. The minimum atomic E-state index is -1.11. The van der Waals surface area contributed by atoms with Gasteiger partial charge in [0.1, 0.15) is 5.69 Å². The number of nitrogens with zero attached hydrogens (tertiary/aromatic N) is 1. The summed E-state index contributed by atoms with van der Waals surface area (Å²) >= 11 is 7.47. The van der Waals surface area contributed by atoms with Crippen LogP contribution in [-0.4, -0.2) is 16.1 Å². The van der Waals surface area contributed by atoms with E-state index in [2.05, 4.69) is 33.5 Å². The van der Waals surface area contributed by atoms with Crippen LogP contribution in [0.2, 0.25) is 0 Å². The predicted molar refractivity (Wildman–Crippen MR) is 99.2 cm³/mol. The molecule has 1 N–H and O–H groups in total. The van der Waals surface area contributed by atoms with Gasteiger partial charge in [0, 0.05) is 15.6 Å². The normalized spacial score (nSPS) is 12.1. The quantitative estimate of drug-likeness (QED) is 0.592. The Labute approximate surface area is 153 Å². The molecule has 6 heteroatoms. The number of rotatable bonds is 4. The molecule has 1 aromatic heterocycles. The number of benzene rings is 2. The maximum Gasteiger partial charge on any atom is 0.325 e. The maximum absolute atomic E-state index is 11.2. The average molecular weight is 404 g/mol. The third kappa shape index (κ3) is 3.39. The molecule has 122 valence electrons. The molecule has 0 spiro atoms. The first-order chi connectivity index (χ1) is 11.5. The summed E-state index contributed by atoms with van der Waals surface area (Å²) in [4.78, 5) is 15.6. The van der Waals surface area contributed by atoms with E-state index in [1.807, 2.05) is 55.5 Å². The summed E-state index contributed by atoms with van der Waals surface area (Å²) in [6.45, 7) is 2.00. The van der Waals surface area contributed by atoms with Crippen LogP contribution in [0.1, 0.15) is 16.7 Å². The lowest BCUT2D eigenvalue weighted by molar-refractivity contribution is -0.136. The number of thiol groups is 1. The van der Waals surface area contributed by atoms with Crippen molar-refractivity contribution in [2.75, 3.05) is 0 Å². The molecule has 0 amide bonds. The van der Waals surface area contributed by atoms with Crippen molar-refractivity contribution in [1.29, 1.82) is 0 Å². The molecule has 0 saturated carbocycles. The summed E-state index contributed by atoms with van der Waals surface area (Å²) in [5, 5.41) is 8.05. The Kier molecular flexibility index (Phi) is 4.78. The number of carboxylic acid groups (broad SMARTS) is 1. The lowest BCUT2D eigenvalue weighted by Crippen LogP contribution is -2.05. The van der Waals surface area contributed by atoms with Crippen molar-refractivity contribution in [3.05, 3.63) is 64.5 Å². The fourth-order valence-corrected chi connectivity index (χ4v) is 2.64. The van der Waals surface area contributed by atoms with Gasteiger partial charge in [-0.2, -0.15) is 12.6 Å². The Bertz CT molecular complexity index is 809. The molecule has 3 rings (SSSR count). The van der Waals surface area contributed by atoms with Gasteiger partial charge in [0.2, 0.25) is 5.89 Å². The number of carboxylic acids is 1. The maximum atomic E-state index is 11.2. The number of hydrogen-bond acceptors (Lipinski definition) is 4. The van der Waals surface area contributed by atoms with E-state index in [1.54, 1.807) is 0 Å². The van der Waals surface area contributed by atoms with E-state index in [0.29, 0.717) is 11.5 Å². The molecular formula is C18H14BrNO3S. The predicted octanol–water partition coefficient (Wildman–Crippen LogP) is 5.14. The van der Waals surface area contributed by atoms with E-state index in [-0.39, 0.29) is 5.89 Å². The molecule has 0 aliphatic carbocycles. The molecule has 0 radical (unpaired) electrons. The minimum Gasteiger partial charge on any atom is -0.480 e. The van der Waals surface area contributed by atoms with E-state index in [4.69, 9.17) is 9.52 Å². The van der Waals surface area contributed by atoms with Gasteiger partial charge in [-0.3, -0.25) is 4.79 Å². The van der Waals surface area contributed by atoms with Gasteiger partial charge in [0.25, 0.3) is 0 Å². The molecule has 24 heavy (non-hydrogen) atoms. The number of halogens is 1. The second kappa shape index (κ2) is 6.83. The van der Waals surface area contributed by atoms with Crippen LogP contribution >= 0.6 is 28.6 Å². The highest BCUT2D eigenvalue weighted by Crippen LogP contribution is 2.36. The van der Waals surface area contributed by atoms with E-state index < -0.39 is 11.2 Å². The van der Waals surface area contributed by atoms with Gasteiger partial charge >= 0.3 is 5.97 Å². The Balaban J connectivity index is 2.16. The second-order valence-corrected chi connectivity index (χ2v) is 6.78. The van der Waals surface area contributed by atoms with Crippen molar-refractivity contribution >= 4 is 34.5 Å². The molecule has 2 aromatic carbocycles. The number of carbonyl (C=O) groups is 1. The fraction of sp³-hybridized carbons (Fsp3) is 0.111. The van der Waals surface area contributed by atoms with Gasteiger partial charge in [-0.1, -0.05) is 57.9 Å². The number of aryl methyl sites for hydroxylation is 1. The van der Waals surface area contributed by atoms with Crippen molar-refractivity contribution in [1.82, 2.24) is 4.98 Å². The van der Waals surface area contributed by atoms with Crippen LogP contribution < -0.4 is 0 Å². The SMILES string of the molecule is Cc1ccc(-c2nc(C(S)C(=O)O)oc2-c2ccc(Br)cc2)cc1. The molecule has 0 bridgehead atoms. The molecule has 1 heterocycles. The van der Waals surface area contributed by atoms with E-state index in [1.165, 1.54) is 0 Å². The molecule has 1 atom stereocenters. The van der Waals surface area contributed by atoms with Gasteiger partial charge in [0.15, 0.2) is 11.0 Å². The van der Waals surface area contributed by atoms with E-state index in [9.17, 15) is 4.79 Å². The molecule has 0 saturated heterocycles. The topological polar surface area (TPSA) is 63.3 Å². The van der Waals surface area contributed by atoms with Crippen molar-refractivity contribution in [2.45, 2.75) is 12.2 Å². The summed E-state index contributed by atoms with van der Waals surface area (Å²) in [6.07, 6.45) is 0. The van der Waals surface area contributed by atoms with E-state index in [0.717, 1.165) is 21.2 Å². The third-order valence-electron chi connectivity index (χ3n) is 3.54. The highest BCUT2D eigenvalue weighted by atomic mass is 79.9. The summed E-state index contributed by atoms with van der Waals surface area (Å²) in [7, 11) is 0. The van der Waals surface area contributed by atoms with Crippen LogP contribution in [0.3, 0.4) is 0 Å². The first-order valence-corrected chi connectivity index (χ1v) is 8.51. The Morgan fingerprint density at radius 1 is 1.12 bits per heavy atom. The molecule has 0 aliphatic heterocycles. The van der Waals surface area contributed by atoms with Gasteiger partial charge in [0.05, 0.1) is 0 Å². The first kappa shape index (κ1) is 16.8. The van der Waals surface area contributed by atoms with Crippen molar-refractivity contribution in [2.24, 2.45) is 0 Å². The zero-order chi connectivity index (χ0) is 17.3. The molecule has 0 fully saturated rings. The molecule has 0 aliphatic rings. The van der Waals surface area contributed by atoms with Crippen LogP contribution in [0.5, 0.6) is 0 Å². The summed E-state index contributed by atoms with van der Waals surface area (Å²) in [5.41, 5.74) is 3.41. The zero-order valence-electron chi connectivity index (χ0n) is 12.7. The van der Waals surface area contributed by atoms with Crippen LogP contribution in [-0.2, 0) is 4.79 Å². The van der Waals surface area contributed by atoms with Crippen LogP contribution in [0.25, 0.3) is 22.6 Å². The third-order valence-corrected chi connectivity index (χ3v) is 4.51. The summed E-state index contributed by atoms with van der Waals surface area (Å²) in [6, 6.07) is 15.4. The number of oxazole rings is 1. The molecule has 4 nitrogen and oxygen atoms in total. The Morgan fingerprint density at radius 3 is 2.29 bits per heavy atom. The highest BCUT2D eigenvalue weighted by molar-refractivity contribution is 9.10. The average Bonchev–Trinajstić information content (AvgIpc) is 3.00. The van der Waals surface area contributed by atoms with Crippen LogP contribution in [0, 0.1) is 6.92 Å². The molecule has 1 unspecified atom stereocenters. The zero-order valence-corrected chi connectivity index (χ0v) is 15.2. The summed E-state index contributed by atoms with van der Waals surface area (Å²) in [5.74, 6) is -0.502. The number of aromatic nitrogens is 1.